The van der Waals surface area contributed by atoms with Crippen LogP contribution in [0.1, 0.15) is 13.3 Å². The van der Waals surface area contributed by atoms with Gasteiger partial charge >= 0.3 is 0 Å². The number of carbonyl (C=O) groups excluding carboxylic acids is 2. The summed E-state index contributed by atoms with van der Waals surface area (Å²) in [5.74, 6) is 0.356. The van der Waals surface area contributed by atoms with Crippen molar-refractivity contribution in [3.05, 3.63) is 18.2 Å². The van der Waals surface area contributed by atoms with Gasteiger partial charge < -0.3 is 15.0 Å². The summed E-state index contributed by atoms with van der Waals surface area (Å²) in [6, 6.07) is 5.58. The Morgan fingerprint density at radius 1 is 1.55 bits per heavy atom. The molecule has 1 unspecified atom stereocenters. The molecule has 0 radical (unpaired) electrons. The highest BCUT2D eigenvalue weighted by Crippen LogP contribution is 2.30. The van der Waals surface area contributed by atoms with Crippen molar-refractivity contribution in [2.45, 2.75) is 13.3 Å². The molecule has 1 fully saturated rings. The summed E-state index contributed by atoms with van der Waals surface area (Å²) in [5, 5.41) is 3.38. The van der Waals surface area contributed by atoms with Crippen LogP contribution in [0.3, 0.4) is 0 Å². The average molecular weight is 319 g/mol. The highest BCUT2D eigenvalue weighted by atomic mass is 32.1. The number of hydrogen-bond acceptors (Lipinski definition) is 5. The second-order valence-corrected chi connectivity index (χ2v) is 6.21. The predicted molar refractivity (Wildman–Crippen MR) is 85.2 cm³/mol. The first-order chi connectivity index (χ1) is 10.6. The lowest BCUT2D eigenvalue weighted by Gasteiger charge is -2.12. The highest BCUT2D eigenvalue weighted by molar-refractivity contribution is 7.22. The number of anilines is 1. The molecule has 2 aromatic rings. The summed E-state index contributed by atoms with van der Waals surface area (Å²) in [7, 11) is 1.61. The number of benzene rings is 1. The Morgan fingerprint density at radius 2 is 2.36 bits per heavy atom. The number of hydrogen-bond donors (Lipinski definition) is 1. The van der Waals surface area contributed by atoms with E-state index in [4.69, 9.17) is 4.74 Å². The van der Waals surface area contributed by atoms with Crippen LogP contribution in [0, 0.1) is 5.92 Å². The molecule has 0 bridgehead atoms. The van der Waals surface area contributed by atoms with E-state index in [0.29, 0.717) is 18.2 Å². The SMILES string of the molecule is CCN1CC(C(=O)Nc2nc3ccc(OC)cc3s2)CC1=O. The van der Waals surface area contributed by atoms with Gasteiger partial charge in [0.1, 0.15) is 5.75 Å². The Bertz CT molecular complexity index is 728. The molecule has 3 rings (SSSR count). The molecule has 0 spiro atoms. The van der Waals surface area contributed by atoms with Crippen molar-refractivity contribution in [1.29, 1.82) is 0 Å². The number of amides is 2. The lowest BCUT2D eigenvalue weighted by atomic mass is 10.1. The van der Waals surface area contributed by atoms with Crippen LogP contribution in [0.25, 0.3) is 10.2 Å². The molecule has 1 aromatic carbocycles. The first kappa shape index (κ1) is 14.8. The molecule has 1 aliphatic heterocycles. The molecule has 0 saturated carbocycles. The van der Waals surface area contributed by atoms with E-state index in [-0.39, 0.29) is 24.2 Å². The first-order valence-corrected chi connectivity index (χ1v) is 7.95. The van der Waals surface area contributed by atoms with Crippen molar-refractivity contribution in [2.24, 2.45) is 5.92 Å². The van der Waals surface area contributed by atoms with Gasteiger partial charge in [0.15, 0.2) is 5.13 Å². The maximum absolute atomic E-state index is 12.3. The van der Waals surface area contributed by atoms with E-state index in [1.165, 1.54) is 11.3 Å². The molecule has 1 aromatic heterocycles. The van der Waals surface area contributed by atoms with Crippen LogP contribution in [0.15, 0.2) is 18.2 Å². The van der Waals surface area contributed by atoms with Crippen molar-refractivity contribution in [2.75, 3.05) is 25.5 Å². The third kappa shape index (κ3) is 2.76. The monoisotopic (exact) mass is 319 g/mol. The minimum atomic E-state index is -0.297. The normalized spacial score (nSPS) is 18.0. The van der Waals surface area contributed by atoms with Crippen molar-refractivity contribution < 1.29 is 14.3 Å². The molecule has 1 aliphatic rings. The van der Waals surface area contributed by atoms with Crippen molar-refractivity contribution in [3.63, 3.8) is 0 Å². The molecule has 1 saturated heterocycles. The Morgan fingerprint density at radius 3 is 3.05 bits per heavy atom. The number of rotatable bonds is 4. The number of thiazole rings is 1. The molecule has 6 nitrogen and oxygen atoms in total. The predicted octanol–water partition coefficient (Wildman–Crippen LogP) is 2.11. The lowest BCUT2D eigenvalue weighted by Crippen LogP contribution is -2.28. The van der Waals surface area contributed by atoms with Gasteiger partial charge in [0, 0.05) is 19.5 Å². The van der Waals surface area contributed by atoms with Crippen LogP contribution in [-0.2, 0) is 9.59 Å². The Hall–Kier alpha value is -2.15. The number of fused-ring (bicyclic) bond motifs is 1. The Kier molecular flexibility index (Phi) is 3.98. The third-order valence-electron chi connectivity index (χ3n) is 3.79. The molecule has 0 aliphatic carbocycles. The highest BCUT2D eigenvalue weighted by Gasteiger charge is 2.33. The van der Waals surface area contributed by atoms with Crippen LogP contribution < -0.4 is 10.1 Å². The molecule has 1 atom stereocenters. The maximum atomic E-state index is 12.3. The van der Waals surface area contributed by atoms with Crippen molar-refractivity contribution in [1.82, 2.24) is 9.88 Å². The zero-order chi connectivity index (χ0) is 15.7. The van der Waals surface area contributed by atoms with Gasteiger partial charge in [-0.15, -0.1) is 0 Å². The van der Waals surface area contributed by atoms with Crippen LogP contribution in [-0.4, -0.2) is 41.9 Å². The zero-order valence-electron chi connectivity index (χ0n) is 12.5. The Balaban J connectivity index is 1.73. The molecular weight excluding hydrogens is 302 g/mol. The summed E-state index contributed by atoms with van der Waals surface area (Å²) >= 11 is 1.40. The fourth-order valence-electron chi connectivity index (χ4n) is 2.55. The van der Waals surface area contributed by atoms with Crippen LogP contribution in [0.5, 0.6) is 5.75 Å². The van der Waals surface area contributed by atoms with Gasteiger partial charge in [0.25, 0.3) is 0 Å². The van der Waals surface area contributed by atoms with E-state index in [0.717, 1.165) is 16.0 Å². The van der Waals surface area contributed by atoms with Gasteiger partial charge in [-0.25, -0.2) is 4.98 Å². The number of methoxy groups -OCH3 is 1. The summed E-state index contributed by atoms with van der Waals surface area (Å²) < 4.78 is 6.13. The van der Waals surface area contributed by atoms with E-state index in [1.807, 2.05) is 25.1 Å². The number of nitrogens with zero attached hydrogens (tertiary/aromatic N) is 2. The summed E-state index contributed by atoms with van der Waals surface area (Å²) in [6.07, 6.45) is 0.276. The van der Waals surface area contributed by atoms with E-state index >= 15 is 0 Å². The van der Waals surface area contributed by atoms with Crippen LogP contribution in [0.2, 0.25) is 0 Å². The molecule has 2 amide bonds. The Labute approximate surface area is 132 Å². The van der Waals surface area contributed by atoms with E-state index in [2.05, 4.69) is 10.3 Å². The average Bonchev–Trinajstić information content (AvgIpc) is 3.08. The number of likely N-dealkylation sites (tertiary alicyclic amines) is 1. The lowest BCUT2D eigenvalue weighted by molar-refractivity contribution is -0.128. The summed E-state index contributed by atoms with van der Waals surface area (Å²) in [4.78, 5) is 30.1. The minimum Gasteiger partial charge on any atom is -0.497 e. The first-order valence-electron chi connectivity index (χ1n) is 7.14. The number of ether oxygens (including phenoxy) is 1. The number of nitrogens with one attached hydrogen (secondary N) is 1. The maximum Gasteiger partial charge on any atom is 0.231 e. The second-order valence-electron chi connectivity index (χ2n) is 5.18. The van der Waals surface area contributed by atoms with Gasteiger partial charge in [-0.3, -0.25) is 9.59 Å². The largest absolute Gasteiger partial charge is 0.497 e. The summed E-state index contributed by atoms with van der Waals surface area (Å²) in [6.45, 7) is 3.04. The second kappa shape index (κ2) is 5.92. The van der Waals surface area contributed by atoms with E-state index in [9.17, 15) is 9.59 Å². The van der Waals surface area contributed by atoms with Crippen molar-refractivity contribution >= 4 is 38.5 Å². The third-order valence-corrected chi connectivity index (χ3v) is 4.73. The van der Waals surface area contributed by atoms with Gasteiger partial charge in [0.2, 0.25) is 11.8 Å². The molecule has 7 heteroatoms. The van der Waals surface area contributed by atoms with Gasteiger partial charge in [-0.2, -0.15) is 0 Å². The zero-order valence-corrected chi connectivity index (χ0v) is 13.3. The summed E-state index contributed by atoms with van der Waals surface area (Å²) in [5.41, 5.74) is 0.818. The number of aromatic nitrogens is 1. The van der Waals surface area contributed by atoms with E-state index in [1.54, 1.807) is 12.0 Å². The standard InChI is InChI=1S/C15H17N3O3S/c1-3-18-8-9(6-13(18)19)14(20)17-15-16-11-5-4-10(21-2)7-12(11)22-15/h4-5,7,9H,3,6,8H2,1-2H3,(H,16,17,20). The van der Waals surface area contributed by atoms with Gasteiger partial charge in [-0.05, 0) is 25.1 Å². The van der Waals surface area contributed by atoms with Gasteiger partial charge in [-0.1, -0.05) is 11.3 Å². The molecule has 116 valence electrons. The van der Waals surface area contributed by atoms with Crippen LogP contribution in [0.4, 0.5) is 5.13 Å². The molecule has 22 heavy (non-hydrogen) atoms. The molecular formula is C15H17N3O3S. The fraction of sp³-hybridized carbons (Fsp3) is 0.400. The topological polar surface area (TPSA) is 71.5 Å². The molecule has 1 N–H and O–H groups in total. The minimum absolute atomic E-state index is 0.0386. The van der Waals surface area contributed by atoms with E-state index < -0.39 is 0 Å². The molecule has 2 heterocycles. The number of carbonyl (C=O) groups is 2. The smallest absolute Gasteiger partial charge is 0.231 e. The van der Waals surface area contributed by atoms with Crippen molar-refractivity contribution in [3.8, 4) is 5.75 Å². The van der Waals surface area contributed by atoms with Gasteiger partial charge in [0.05, 0.1) is 23.2 Å². The van der Waals surface area contributed by atoms with Crippen LogP contribution >= 0.6 is 11.3 Å². The quantitative estimate of drug-likeness (QED) is 0.937. The fourth-order valence-corrected chi connectivity index (χ4v) is 3.44.